The maximum absolute atomic E-state index is 13.1. The van der Waals surface area contributed by atoms with Gasteiger partial charge >= 0.3 is 0 Å². The van der Waals surface area contributed by atoms with Gasteiger partial charge in [-0.05, 0) is 24.6 Å². The summed E-state index contributed by atoms with van der Waals surface area (Å²) in [5, 5.41) is 0. The standard InChI is InChI=1S/C11H13FO2/c1-8(13)11(12)7-9-4-3-5-10(6-9)14-2/h3-6,11H,7H2,1-2H3. The van der Waals surface area contributed by atoms with E-state index in [1.54, 1.807) is 31.4 Å². The molecular formula is C11H13FO2. The molecular weight excluding hydrogens is 183 g/mol. The van der Waals surface area contributed by atoms with Crippen molar-refractivity contribution in [1.29, 1.82) is 0 Å². The van der Waals surface area contributed by atoms with Crippen LogP contribution in [0.15, 0.2) is 24.3 Å². The fraction of sp³-hybridized carbons (Fsp3) is 0.364. The molecule has 0 heterocycles. The van der Waals surface area contributed by atoms with Crippen LogP contribution in [0.2, 0.25) is 0 Å². The molecule has 0 saturated carbocycles. The van der Waals surface area contributed by atoms with Gasteiger partial charge in [-0.2, -0.15) is 0 Å². The molecule has 1 atom stereocenters. The molecule has 0 radical (unpaired) electrons. The average Bonchev–Trinajstić information content (AvgIpc) is 2.18. The van der Waals surface area contributed by atoms with Crippen LogP contribution in [0, 0.1) is 0 Å². The van der Waals surface area contributed by atoms with Gasteiger partial charge in [0.25, 0.3) is 0 Å². The predicted molar refractivity (Wildman–Crippen MR) is 52.3 cm³/mol. The van der Waals surface area contributed by atoms with Crippen molar-refractivity contribution in [2.75, 3.05) is 7.11 Å². The summed E-state index contributed by atoms with van der Waals surface area (Å²) in [5.41, 5.74) is 0.770. The van der Waals surface area contributed by atoms with E-state index in [2.05, 4.69) is 0 Å². The van der Waals surface area contributed by atoms with E-state index >= 15 is 0 Å². The van der Waals surface area contributed by atoms with Crippen LogP contribution < -0.4 is 4.74 Å². The molecule has 3 heteroatoms. The molecule has 0 amide bonds. The second-order valence-corrected chi connectivity index (χ2v) is 3.13. The van der Waals surface area contributed by atoms with Crippen LogP contribution in [-0.4, -0.2) is 19.1 Å². The topological polar surface area (TPSA) is 26.3 Å². The molecule has 0 aliphatic heterocycles. The third-order valence-corrected chi connectivity index (χ3v) is 1.99. The van der Waals surface area contributed by atoms with Crippen molar-refractivity contribution in [1.82, 2.24) is 0 Å². The Morgan fingerprint density at radius 1 is 1.57 bits per heavy atom. The zero-order chi connectivity index (χ0) is 10.6. The minimum Gasteiger partial charge on any atom is -0.497 e. The lowest BCUT2D eigenvalue weighted by molar-refractivity contribution is -0.121. The number of benzene rings is 1. The predicted octanol–water partition coefficient (Wildman–Crippen LogP) is 2.16. The molecule has 0 spiro atoms. The first-order valence-electron chi connectivity index (χ1n) is 4.41. The molecule has 0 fully saturated rings. The first-order valence-corrected chi connectivity index (χ1v) is 4.41. The summed E-state index contributed by atoms with van der Waals surface area (Å²) < 4.78 is 18.0. The Kier molecular flexibility index (Phi) is 3.63. The molecule has 0 aliphatic rings. The van der Waals surface area contributed by atoms with Crippen LogP contribution in [0.5, 0.6) is 5.75 Å². The summed E-state index contributed by atoms with van der Waals surface area (Å²) in [4.78, 5) is 10.7. The van der Waals surface area contributed by atoms with Crippen LogP contribution in [0.3, 0.4) is 0 Å². The zero-order valence-electron chi connectivity index (χ0n) is 8.29. The van der Waals surface area contributed by atoms with E-state index in [1.807, 2.05) is 0 Å². The Bertz CT molecular complexity index is 323. The zero-order valence-corrected chi connectivity index (χ0v) is 8.29. The van der Waals surface area contributed by atoms with Crippen molar-refractivity contribution in [3.8, 4) is 5.75 Å². The Morgan fingerprint density at radius 3 is 2.86 bits per heavy atom. The van der Waals surface area contributed by atoms with E-state index in [9.17, 15) is 9.18 Å². The maximum atomic E-state index is 13.1. The first-order chi connectivity index (χ1) is 6.63. The number of hydrogen-bond donors (Lipinski definition) is 0. The quantitative estimate of drug-likeness (QED) is 0.737. The number of rotatable bonds is 4. The Morgan fingerprint density at radius 2 is 2.29 bits per heavy atom. The number of halogens is 1. The SMILES string of the molecule is COc1cccc(CC(F)C(C)=O)c1. The fourth-order valence-corrected chi connectivity index (χ4v) is 1.15. The minimum atomic E-state index is -1.41. The summed E-state index contributed by atoms with van der Waals surface area (Å²) in [5.74, 6) is 0.242. The van der Waals surface area contributed by atoms with Gasteiger partial charge in [0.1, 0.15) is 5.75 Å². The number of ketones is 1. The van der Waals surface area contributed by atoms with Crippen molar-refractivity contribution in [3.63, 3.8) is 0 Å². The van der Waals surface area contributed by atoms with E-state index < -0.39 is 12.0 Å². The second-order valence-electron chi connectivity index (χ2n) is 3.13. The van der Waals surface area contributed by atoms with Crippen LogP contribution in [0.25, 0.3) is 0 Å². The van der Waals surface area contributed by atoms with Gasteiger partial charge in [0, 0.05) is 6.42 Å². The first kappa shape index (κ1) is 10.7. The van der Waals surface area contributed by atoms with Gasteiger partial charge < -0.3 is 4.74 Å². The number of methoxy groups -OCH3 is 1. The lowest BCUT2D eigenvalue weighted by Gasteiger charge is -2.06. The highest BCUT2D eigenvalue weighted by Crippen LogP contribution is 2.15. The monoisotopic (exact) mass is 196 g/mol. The highest BCUT2D eigenvalue weighted by Gasteiger charge is 2.12. The summed E-state index contributed by atoms with van der Waals surface area (Å²) in [6.07, 6.45) is -1.30. The van der Waals surface area contributed by atoms with Crippen LogP contribution in [-0.2, 0) is 11.2 Å². The molecule has 1 aromatic carbocycles. The van der Waals surface area contributed by atoms with Crippen molar-refractivity contribution in [3.05, 3.63) is 29.8 Å². The number of hydrogen-bond acceptors (Lipinski definition) is 2. The second kappa shape index (κ2) is 4.74. The minimum absolute atomic E-state index is 0.118. The van der Waals surface area contributed by atoms with Crippen molar-refractivity contribution in [2.45, 2.75) is 19.5 Å². The average molecular weight is 196 g/mol. The molecule has 0 bridgehead atoms. The van der Waals surface area contributed by atoms with Crippen LogP contribution in [0.4, 0.5) is 4.39 Å². The van der Waals surface area contributed by atoms with E-state index in [4.69, 9.17) is 4.74 Å². The van der Waals surface area contributed by atoms with Gasteiger partial charge in [-0.1, -0.05) is 12.1 Å². The van der Waals surface area contributed by atoms with E-state index in [0.29, 0.717) is 5.75 Å². The normalized spacial score (nSPS) is 12.2. The Hall–Kier alpha value is -1.38. The molecule has 2 nitrogen and oxygen atoms in total. The fourth-order valence-electron chi connectivity index (χ4n) is 1.15. The van der Waals surface area contributed by atoms with Gasteiger partial charge in [0.05, 0.1) is 7.11 Å². The van der Waals surface area contributed by atoms with Gasteiger partial charge in [-0.3, -0.25) is 4.79 Å². The lowest BCUT2D eigenvalue weighted by Crippen LogP contribution is -2.14. The van der Waals surface area contributed by atoms with Crippen molar-refractivity contribution >= 4 is 5.78 Å². The molecule has 0 N–H and O–H groups in total. The van der Waals surface area contributed by atoms with Crippen molar-refractivity contribution < 1.29 is 13.9 Å². The summed E-state index contributed by atoms with van der Waals surface area (Å²) in [6.45, 7) is 1.25. The van der Waals surface area contributed by atoms with Gasteiger partial charge in [0.2, 0.25) is 0 Å². The molecule has 0 aromatic heterocycles. The largest absolute Gasteiger partial charge is 0.497 e. The lowest BCUT2D eigenvalue weighted by atomic mass is 10.1. The van der Waals surface area contributed by atoms with Crippen molar-refractivity contribution in [2.24, 2.45) is 0 Å². The van der Waals surface area contributed by atoms with E-state index in [0.717, 1.165) is 5.56 Å². The van der Waals surface area contributed by atoms with Crippen LogP contribution >= 0.6 is 0 Å². The van der Waals surface area contributed by atoms with Gasteiger partial charge in [0.15, 0.2) is 12.0 Å². The number of carbonyl (C=O) groups excluding carboxylic acids is 1. The van der Waals surface area contributed by atoms with E-state index in [1.165, 1.54) is 6.92 Å². The molecule has 1 rings (SSSR count). The Labute approximate surface area is 82.7 Å². The molecule has 14 heavy (non-hydrogen) atoms. The summed E-state index contributed by atoms with van der Waals surface area (Å²) in [6, 6.07) is 7.07. The molecule has 76 valence electrons. The highest BCUT2D eigenvalue weighted by molar-refractivity contribution is 5.80. The summed E-state index contributed by atoms with van der Waals surface area (Å²) in [7, 11) is 1.55. The molecule has 0 saturated heterocycles. The molecule has 1 unspecified atom stereocenters. The highest BCUT2D eigenvalue weighted by atomic mass is 19.1. The maximum Gasteiger partial charge on any atom is 0.164 e. The third-order valence-electron chi connectivity index (χ3n) is 1.99. The smallest absolute Gasteiger partial charge is 0.164 e. The molecule has 1 aromatic rings. The molecule has 0 aliphatic carbocycles. The Balaban J connectivity index is 2.71. The van der Waals surface area contributed by atoms with E-state index in [-0.39, 0.29) is 6.42 Å². The third kappa shape index (κ3) is 2.83. The van der Waals surface area contributed by atoms with Crippen LogP contribution in [0.1, 0.15) is 12.5 Å². The number of alkyl halides is 1. The number of ether oxygens (including phenoxy) is 1. The number of carbonyl (C=O) groups is 1. The summed E-state index contributed by atoms with van der Waals surface area (Å²) >= 11 is 0. The van der Waals surface area contributed by atoms with Gasteiger partial charge in [-0.25, -0.2) is 4.39 Å². The number of Topliss-reactive ketones (excluding diaryl/α,β-unsaturated/α-hetero) is 1. The van der Waals surface area contributed by atoms with Gasteiger partial charge in [-0.15, -0.1) is 0 Å².